The Labute approximate surface area is 95.9 Å². The van der Waals surface area contributed by atoms with Crippen molar-refractivity contribution in [3.8, 4) is 0 Å². The average molecular weight is 243 g/mol. The summed E-state index contributed by atoms with van der Waals surface area (Å²) in [5, 5.41) is 18.3. The lowest BCUT2D eigenvalue weighted by Gasteiger charge is -2.18. The lowest BCUT2D eigenvalue weighted by molar-refractivity contribution is 0.277. The molecule has 0 amide bonds. The fraction of sp³-hybridized carbons (Fsp3) is 0.444. The predicted molar refractivity (Wildman–Crippen MR) is 62.7 cm³/mol. The zero-order valence-corrected chi connectivity index (χ0v) is 9.40. The molecule has 0 unspecified atom stereocenters. The van der Waals surface area contributed by atoms with Crippen LogP contribution >= 0.6 is 11.3 Å². The van der Waals surface area contributed by atoms with Gasteiger partial charge in [0, 0.05) is 19.2 Å². The lowest BCUT2D eigenvalue weighted by Crippen LogP contribution is -2.29. The highest BCUT2D eigenvalue weighted by Crippen LogP contribution is 2.31. The summed E-state index contributed by atoms with van der Waals surface area (Å²) in [5.74, 6) is 0.594. The number of aliphatic hydroxyl groups excluding tert-OH is 2. The van der Waals surface area contributed by atoms with Gasteiger partial charge in [0.25, 0.3) is 0 Å². The minimum atomic E-state index is 0.00389. The SMILES string of the molecule is Nc1nc2oc(N(CCO)CCO)cc2s1. The molecule has 0 aliphatic carbocycles. The highest BCUT2D eigenvalue weighted by molar-refractivity contribution is 7.22. The molecule has 2 aromatic rings. The summed E-state index contributed by atoms with van der Waals surface area (Å²) in [4.78, 5) is 5.77. The molecule has 2 aromatic heterocycles. The molecular formula is C9H13N3O3S. The number of fused-ring (bicyclic) bond motifs is 1. The Bertz CT molecular complexity index is 430. The van der Waals surface area contributed by atoms with Crippen molar-refractivity contribution in [3.05, 3.63) is 6.07 Å². The van der Waals surface area contributed by atoms with E-state index in [-0.39, 0.29) is 13.2 Å². The normalized spacial score (nSPS) is 11.1. The van der Waals surface area contributed by atoms with Gasteiger partial charge >= 0.3 is 0 Å². The van der Waals surface area contributed by atoms with Crippen LogP contribution < -0.4 is 10.6 Å². The number of rotatable bonds is 5. The van der Waals surface area contributed by atoms with Gasteiger partial charge in [0.2, 0.25) is 5.71 Å². The predicted octanol–water partition coefficient (Wildman–Crippen LogP) is 0.262. The number of furan rings is 1. The molecule has 0 saturated carbocycles. The fourth-order valence-electron chi connectivity index (χ4n) is 1.47. The van der Waals surface area contributed by atoms with Crippen LogP contribution in [0.1, 0.15) is 0 Å². The number of anilines is 2. The first-order valence-electron chi connectivity index (χ1n) is 4.87. The second kappa shape index (κ2) is 4.69. The van der Waals surface area contributed by atoms with Crippen LogP contribution in [0.25, 0.3) is 10.4 Å². The number of hydrogen-bond donors (Lipinski definition) is 3. The summed E-state index contributed by atoms with van der Waals surface area (Å²) in [6, 6.07) is 1.81. The van der Waals surface area contributed by atoms with Crippen LogP contribution in [0.4, 0.5) is 11.0 Å². The monoisotopic (exact) mass is 243 g/mol. The molecule has 0 aromatic carbocycles. The fourth-order valence-corrected chi connectivity index (χ4v) is 2.16. The maximum Gasteiger partial charge on any atom is 0.241 e. The van der Waals surface area contributed by atoms with Crippen LogP contribution in [0.5, 0.6) is 0 Å². The summed E-state index contributed by atoms with van der Waals surface area (Å²) in [7, 11) is 0. The summed E-state index contributed by atoms with van der Waals surface area (Å²) in [5.41, 5.74) is 6.03. The van der Waals surface area contributed by atoms with E-state index in [0.717, 1.165) is 4.70 Å². The molecule has 6 nitrogen and oxygen atoms in total. The number of hydrogen-bond acceptors (Lipinski definition) is 7. The largest absolute Gasteiger partial charge is 0.421 e. The van der Waals surface area contributed by atoms with Crippen LogP contribution in [0.3, 0.4) is 0 Å². The minimum absolute atomic E-state index is 0.00389. The van der Waals surface area contributed by atoms with E-state index in [9.17, 15) is 0 Å². The average Bonchev–Trinajstić information content (AvgIpc) is 2.74. The van der Waals surface area contributed by atoms with Crippen molar-refractivity contribution >= 4 is 32.8 Å². The summed E-state index contributed by atoms with van der Waals surface area (Å²) in [6.07, 6.45) is 0. The van der Waals surface area contributed by atoms with Crippen LogP contribution in [0.15, 0.2) is 10.5 Å². The Kier molecular flexibility index (Phi) is 3.28. The number of thiazole rings is 1. The number of nitrogens with two attached hydrogens (primary N) is 1. The zero-order chi connectivity index (χ0) is 11.5. The van der Waals surface area contributed by atoms with Gasteiger partial charge < -0.3 is 25.3 Å². The molecule has 0 saturated heterocycles. The van der Waals surface area contributed by atoms with E-state index in [1.54, 1.807) is 4.90 Å². The number of nitrogen functional groups attached to an aromatic ring is 1. The first-order valence-corrected chi connectivity index (χ1v) is 5.68. The van der Waals surface area contributed by atoms with Gasteiger partial charge in [-0.1, -0.05) is 11.3 Å². The van der Waals surface area contributed by atoms with E-state index in [1.807, 2.05) is 6.07 Å². The number of aliphatic hydroxyl groups is 2. The first kappa shape index (κ1) is 11.2. The topological polar surface area (TPSA) is 95.8 Å². The Morgan fingerprint density at radius 3 is 2.62 bits per heavy atom. The highest BCUT2D eigenvalue weighted by Gasteiger charge is 2.14. The van der Waals surface area contributed by atoms with Crippen LogP contribution in [-0.4, -0.2) is 41.5 Å². The van der Waals surface area contributed by atoms with Gasteiger partial charge in [0.1, 0.15) is 0 Å². The van der Waals surface area contributed by atoms with Crippen molar-refractivity contribution < 1.29 is 14.6 Å². The van der Waals surface area contributed by atoms with E-state index < -0.39 is 0 Å². The van der Waals surface area contributed by atoms with Crippen LogP contribution in [0.2, 0.25) is 0 Å². The second-order valence-electron chi connectivity index (χ2n) is 3.24. The second-order valence-corrected chi connectivity index (χ2v) is 4.30. The molecule has 0 spiro atoms. The van der Waals surface area contributed by atoms with E-state index in [4.69, 9.17) is 20.4 Å². The maximum atomic E-state index is 8.90. The lowest BCUT2D eigenvalue weighted by atomic mass is 10.4. The third-order valence-corrected chi connectivity index (χ3v) is 2.96. The van der Waals surface area contributed by atoms with E-state index in [2.05, 4.69) is 4.98 Å². The van der Waals surface area contributed by atoms with Gasteiger partial charge in [0.15, 0.2) is 11.0 Å². The Hall–Kier alpha value is -1.31. The third-order valence-electron chi connectivity index (χ3n) is 2.14. The first-order chi connectivity index (χ1) is 7.74. The molecule has 2 rings (SSSR count). The molecule has 0 aliphatic heterocycles. The molecule has 16 heavy (non-hydrogen) atoms. The van der Waals surface area contributed by atoms with Crippen molar-refractivity contribution in [3.63, 3.8) is 0 Å². The van der Waals surface area contributed by atoms with Gasteiger partial charge in [-0.15, -0.1) is 0 Å². The zero-order valence-electron chi connectivity index (χ0n) is 8.59. The molecule has 0 fully saturated rings. The standard InChI is InChI=1S/C9H13N3O3S/c10-9-11-8-6(16-9)5-7(15-8)12(1-3-13)2-4-14/h5,13-14H,1-4H2,(H2,10,11). The highest BCUT2D eigenvalue weighted by atomic mass is 32.1. The number of nitrogens with zero attached hydrogens (tertiary/aromatic N) is 2. The quantitative estimate of drug-likeness (QED) is 0.697. The van der Waals surface area contributed by atoms with Gasteiger partial charge in [-0.25, -0.2) is 0 Å². The van der Waals surface area contributed by atoms with Crippen LogP contribution in [-0.2, 0) is 0 Å². The van der Waals surface area contributed by atoms with Gasteiger partial charge in [0.05, 0.1) is 17.9 Å². The third kappa shape index (κ3) is 2.11. The van der Waals surface area contributed by atoms with Crippen molar-refractivity contribution in [1.82, 2.24) is 4.98 Å². The minimum Gasteiger partial charge on any atom is -0.421 e. The van der Waals surface area contributed by atoms with Crippen molar-refractivity contribution in [2.45, 2.75) is 0 Å². The van der Waals surface area contributed by atoms with E-state index in [1.165, 1.54) is 11.3 Å². The Balaban J connectivity index is 2.25. The van der Waals surface area contributed by atoms with E-state index >= 15 is 0 Å². The van der Waals surface area contributed by atoms with Gasteiger partial charge in [-0.2, -0.15) is 4.98 Å². The van der Waals surface area contributed by atoms with E-state index in [0.29, 0.717) is 29.8 Å². The van der Waals surface area contributed by atoms with Crippen molar-refractivity contribution in [2.24, 2.45) is 0 Å². The summed E-state index contributed by atoms with van der Waals surface area (Å²) < 4.78 is 6.35. The number of aromatic nitrogens is 1. The summed E-state index contributed by atoms with van der Waals surface area (Å²) in [6.45, 7) is 0.835. The molecule has 7 heteroatoms. The maximum absolute atomic E-state index is 8.90. The van der Waals surface area contributed by atoms with Gasteiger partial charge in [-0.3, -0.25) is 0 Å². The molecule has 0 aliphatic rings. The Morgan fingerprint density at radius 1 is 1.38 bits per heavy atom. The molecule has 4 N–H and O–H groups in total. The van der Waals surface area contributed by atoms with Crippen molar-refractivity contribution in [2.75, 3.05) is 36.9 Å². The van der Waals surface area contributed by atoms with Crippen LogP contribution in [0, 0.1) is 0 Å². The molecule has 0 bridgehead atoms. The molecule has 0 atom stereocenters. The summed E-state index contributed by atoms with van der Waals surface area (Å²) >= 11 is 1.35. The molecule has 0 radical (unpaired) electrons. The molecule has 88 valence electrons. The molecule has 2 heterocycles. The smallest absolute Gasteiger partial charge is 0.241 e. The van der Waals surface area contributed by atoms with Gasteiger partial charge in [-0.05, 0) is 0 Å². The van der Waals surface area contributed by atoms with Crippen molar-refractivity contribution in [1.29, 1.82) is 0 Å². The Morgan fingerprint density at radius 2 is 2.06 bits per heavy atom. The molecular weight excluding hydrogens is 230 g/mol.